The third kappa shape index (κ3) is 3.65. The van der Waals surface area contributed by atoms with Gasteiger partial charge in [0.25, 0.3) is 0 Å². The Morgan fingerprint density at radius 3 is 3.10 bits per heavy atom. The van der Waals surface area contributed by atoms with Gasteiger partial charge in [0.2, 0.25) is 0 Å². The van der Waals surface area contributed by atoms with Crippen LogP contribution >= 0.6 is 23.2 Å². The molecule has 7 heteroatoms. The van der Waals surface area contributed by atoms with E-state index in [0.717, 1.165) is 11.1 Å². The molecule has 0 fully saturated rings. The number of fused-ring (bicyclic) bond motifs is 1. The first-order valence-corrected chi connectivity index (χ1v) is 6.64. The summed E-state index contributed by atoms with van der Waals surface area (Å²) in [5.74, 6) is 0.589. The quantitative estimate of drug-likeness (QED) is 0.686. The number of ether oxygens (including phenoxy) is 2. The summed E-state index contributed by atoms with van der Waals surface area (Å²) in [6.45, 7) is 2.31. The maximum Gasteiger partial charge on any atom is 0.427 e. The van der Waals surface area contributed by atoms with E-state index in [1.54, 1.807) is 19.1 Å². The van der Waals surface area contributed by atoms with Crippen molar-refractivity contribution >= 4 is 41.6 Å². The van der Waals surface area contributed by atoms with Crippen molar-refractivity contribution in [1.29, 1.82) is 0 Å². The Morgan fingerprint density at radius 2 is 2.35 bits per heavy atom. The maximum atomic E-state index is 11.0. The number of hydrazone groups is 1. The fraction of sp³-hybridized carbons (Fsp3) is 0.231. The molecule has 0 atom stereocenters. The van der Waals surface area contributed by atoms with Crippen molar-refractivity contribution in [3.8, 4) is 5.75 Å². The van der Waals surface area contributed by atoms with Gasteiger partial charge in [-0.3, -0.25) is 0 Å². The number of hydrogen-bond acceptors (Lipinski definition) is 4. The molecule has 0 radical (unpaired) electrons. The van der Waals surface area contributed by atoms with Gasteiger partial charge in [0.15, 0.2) is 0 Å². The summed E-state index contributed by atoms with van der Waals surface area (Å²) < 4.78 is 10.2. The van der Waals surface area contributed by atoms with Crippen molar-refractivity contribution in [2.45, 2.75) is 6.92 Å². The first-order chi connectivity index (χ1) is 9.60. The highest BCUT2D eigenvalue weighted by Crippen LogP contribution is 2.36. The normalized spacial score (nSPS) is 13.4. The van der Waals surface area contributed by atoms with Crippen molar-refractivity contribution in [1.82, 2.24) is 5.43 Å². The van der Waals surface area contributed by atoms with Gasteiger partial charge in [0, 0.05) is 16.2 Å². The molecule has 0 spiro atoms. The average molecular weight is 315 g/mol. The van der Waals surface area contributed by atoms with Crippen LogP contribution in [0, 0.1) is 0 Å². The summed E-state index contributed by atoms with van der Waals surface area (Å²) in [6, 6.07) is 3.37. The summed E-state index contributed by atoms with van der Waals surface area (Å²) in [7, 11) is 0. The van der Waals surface area contributed by atoms with E-state index in [2.05, 4.69) is 15.3 Å². The largest absolute Gasteiger partial charge is 0.487 e. The molecule has 1 N–H and O–H groups in total. The van der Waals surface area contributed by atoms with Crippen molar-refractivity contribution < 1.29 is 14.3 Å². The first-order valence-electron chi connectivity index (χ1n) is 5.88. The molecule has 0 saturated heterocycles. The molecule has 20 heavy (non-hydrogen) atoms. The highest BCUT2D eigenvalue weighted by atomic mass is 35.5. The van der Waals surface area contributed by atoms with Crippen LogP contribution in [0.4, 0.5) is 4.79 Å². The van der Waals surface area contributed by atoms with Crippen LogP contribution in [0.2, 0.25) is 10.0 Å². The number of nitrogens with one attached hydrogen (secondary N) is 1. The number of carbonyl (C=O) groups is 1. The summed E-state index contributed by atoms with van der Waals surface area (Å²) >= 11 is 12.0. The second kappa shape index (κ2) is 6.63. The summed E-state index contributed by atoms with van der Waals surface area (Å²) in [5, 5.41) is 4.75. The number of benzene rings is 1. The zero-order valence-corrected chi connectivity index (χ0v) is 12.2. The fourth-order valence-electron chi connectivity index (χ4n) is 1.64. The molecular formula is C13H12Cl2N2O3. The highest BCUT2D eigenvalue weighted by Gasteiger charge is 2.14. The monoisotopic (exact) mass is 314 g/mol. The van der Waals surface area contributed by atoms with Crippen LogP contribution in [0.15, 0.2) is 22.8 Å². The number of carbonyl (C=O) groups excluding carboxylic acids is 1. The smallest absolute Gasteiger partial charge is 0.427 e. The predicted molar refractivity (Wildman–Crippen MR) is 78.6 cm³/mol. The molecule has 2 rings (SSSR count). The number of hydrogen-bond donors (Lipinski definition) is 1. The van der Waals surface area contributed by atoms with Gasteiger partial charge >= 0.3 is 6.09 Å². The van der Waals surface area contributed by atoms with Gasteiger partial charge in [0.05, 0.1) is 17.8 Å². The third-order valence-electron chi connectivity index (χ3n) is 2.42. The Morgan fingerprint density at radius 1 is 1.55 bits per heavy atom. The lowest BCUT2D eigenvalue weighted by atomic mass is 10.1. The number of halogens is 2. The third-order valence-corrected chi connectivity index (χ3v) is 2.92. The van der Waals surface area contributed by atoms with E-state index in [-0.39, 0.29) is 6.61 Å². The van der Waals surface area contributed by atoms with Gasteiger partial charge in [-0.1, -0.05) is 23.2 Å². The molecular weight excluding hydrogens is 303 g/mol. The van der Waals surface area contributed by atoms with Crippen LogP contribution in [-0.4, -0.2) is 25.5 Å². The van der Waals surface area contributed by atoms with E-state index in [4.69, 9.17) is 27.9 Å². The molecule has 1 aliphatic heterocycles. The van der Waals surface area contributed by atoms with E-state index in [1.165, 1.54) is 6.21 Å². The lowest BCUT2D eigenvalue weighted by Crippen LogP contribution is -2.19. The van der Waals surface area contributed by atoms with Crippen LogP contribution in [-0.2, 0) is 4.74 Å². The van der Waals surface area contributed by atoms with Crippen molar-refractivity contribution in [2.75, 3.05) is 13.2 Å². The van der Waals surface area contributed by atoms with Crippen LogP contribution in [0.5, 0.6) is 5.75 Å². The maximum absolute atomic E-state index is 11.0. The second-order valence-corrected chi connectivity index (χ2v) is 4.75. The fourth-order valence-corrected chi connectivity index (χ4v) is 2.21. The predicted octanol–water partition coefficient (Wildman–Crippen LogP) is 3.50. The van der Waals surface area contributed by atoms with Gasteiger partial charge in [-0.2, -0.15) is 5.10 Å². The lowest BCUT2D eigenvalue weighted by Gasteiger charge is -2.17. The molecule has 0 unspecified atom stereocenters. The Balaban J connectivity index is 2.09. The summed E-state index contributed by atoms with van der Waals surface area (Å²) in [5.41, 5.74) is 3.78. The van der Waals surface area contributed by atoms with E-state index in [0.29, 0.717) is 22.4 Å². The van der Waals surface area contributed by atoms with Gasteiger partial charge in [-0.05, 0) is 25.1 Å². The SMILES string of the molecule is CCOC(=O)NN=CC1=Cc2cc(Cl)cc(Cl)c2OC1. The van der Waals surface area contributed by atoms with Crippen molar-refractivity contribution in [2.24, 2.45) is 5.10 Å². The Kier molecular flexibility index (Phi) is 4.87. The molecule has 0 bridgehead atoms. The van der Waals surface area contributed by atoms with E-state index < -0.39 is 6.09 Å². The van der Waals surface area contributed by atoms with Crippen LogP contribution in [0.25, 0.3) is 6.08 Å². The van der Waals surface area contributed by atoms with E-state index in [9.17, 15) is 4.79 Å². The zero-order chi connectivity index (χ0) is 14.5. The minimum Gasteiger partial charge on any atom is -0.487 e. The molecule has 0 aliphatic carbocycles. The lowest BCUT2D eigenvalue weighted by molar-refractivity contribution is 0.152. The zero-order valence-electron chi connectivity index (χ0n) is 10.7. The molecule has 0 saturated carbocycles. The Hall–Kier alpha value is -1.72. The first kappa shape index (κ1) is 14.7. The van der Waals surface area contributed by atoms with Crippen LogP contribution in [0.1, 0.15) is 12.5 Å². The van der Waals surface area contributed by atoms with Gasteiger partial charge in [0.1, 0.15) is 12.4 Å². The molecule has 1 heterocycles. The van der Waals surface area contributed by atoms with Gasteiger partial charge in [-0.25, -0.2) is 10.2 Å². The van der Waals surface area contributed by atoms with Crippen molar-refractivity contribution in [3.63, 3.8) is 0 Å². The molecule has 1 amide bonds. The van der Waals surface area contributed by atoms with E-state index >= 15 is 0 Å². The van der Waals surface area contributed by atoms with E-state index in [1.807, 2.05) is 6.08 Å². The Labute approximate surface area is 126 Å². The minimum atomic E-state index is -0.604. The van der Waals surface area contributed by atoms with Gasteiger partial charge < -0.3 is 9.47 Å². The standard InChI is InChI=1S/C13H12Cl2N2O3/c1-2-19-13(18)17-16-6-8-3-9-4-10(14)5-11(15)12(9)20-7-8/h3-6H,2,7H2,1H3,(H,17,18). The van der Waals surface area contributed by atoms with Crippen LogP contribution in [0.3, 0.4) is 0 Å². The molecule has 1 aromatic carbocycles. The number of amides is 1. The van der Waals surface area contributed by atoms with Crippen LogP contribution < -0.4 is 10.2 Å². The topological polar surface area (TPSA) is 59.9 Å². The molecule has 5 nitrogen and oxygen atoms in total. The number of rotatable bonds is 3. The second-order valence-electron chi connectivity index (χ2n) is 3.90. The van der Waals surface area contributed by atoms with Gasteiger partial charge in [-0.15, -0.1) is 0 Å². The Bertz CT molecular complexity index is 585. The van der Waals surface area contributed by atoms with Crippen molar-refractivity contribution in [3.05, 3.63) is 33.3 Å². The number of nitrogens with zero attached hydrogens (tertiary/aromatic N) is 1. The summed E-state index contributed by atoms with van der Waals surface area (Å²) in [6.07, 6.45) is 2.72. The molecule has 0 aromatic heterocycles. The minimum absolute atomic E-state index is 0.289. The molecule has 106 valence electrons. The highest BCUT2D eigenvalue weighted by molar-refractivity contribution is 6.36. The average Bonchev–Trinajstić information content (AvgIpc) is 2.38. The molecule has 1 aliphatic rings. The summed E-state index contributed by atoms with van der Waals surface area (Å²) in [4.78, 5) is 11.0. The molecule has 1 aromatic rings.